The summed E-state index contributed by atoms with van der Waals surface area (Å²) in [5, 5.41) is 7.40. The molecule has 0 aromatic heterocycles. The van der Waals surface area contributed by atoms with Crippen molar-refractivity contribution in [3.8, 4) is 6.26 Å². The van der Waals surface area contributed by atoms with E-state index < -0.39 is 0 Å². The predicted octanol–water partition coefficient (Wildman–Crippen LogP) is 4.51. The van der Waals surface area contributed by atoms with Gasteiger partial charge in [0.2, 0.25) is 0 Å². The third-order valence-corrected chi connectivity index (χ3v) is 1.42. The van der Waals surface area contributed by atoms with Crippen molar-refractivity contribution in [2.75, 3.05) is 7.11 Å². The van der Waals surface area contributed by atoms with E-state index in [0.29, 0.717) is 0 Å². The fourth-order valence-electron chi connectivity index (χ4n) is 0.770. The zero-order valence-corrected chi connectivity index (χ0v) is 11.3. The van der Waals surface area contributed by atoms with Gasteiger partial charge in [0.05, 0.1) is 7.11 Å². The van der Waals surface area contributed by atoms with Gasteiger partial charge >= 0.3 is 0 Å². The molecule has 2 rings (SSSR count). The molecule has 0 heterocycles. The number of ether oxygens (including phenoxy) is 1. The number of benzene rings is 2. The van der Waals surface area contributed by atoms with Crippen LogP contribution < -0.4 is 0 Å². The second-order valence-corrected chi connectivity index (χ2v) is 2.60. The monoisotopic (exact) mass is 243 g/mol. The minimum atomic E-state index is 1.32. The topological polar surface area (TPSA) is 33.0 Å². The first-order chi connectivity index (χ1) is 8.91. The Balaban J connectivity index is 0. The van der Waals surface area contributed by atoms with Gasteiger partial charge in [-0.2, -0.15) is 5.26 Å². The van der Waals surface area contributed by atoms with Crippen LogP contribution in [0.25, 0.3) is 0 Å². The van der Waals surface area contributed by atoms with Crippen LogP contribution in [0.3, 0.4) is 0 Å². The molecule has 2 nitrogen and oxygen atoms in total. The second kappa shape index (κ2) is 20.2. The molecule has 0 aliphatic rings. The number of nitrogens with zero attached hydrogens (tertiary/aromatic N) is 1. The van der Waals surface area contributed by atoms with E-state index in [1.807, 2.05) is 86.6 Å². The SMILES string of the molecule is CC.COC#N.c1ccccc1.c1ccccc1. The van der Waals surface area contributed by atoms with E-state index in [-0.39, 0.29) is 0 Å². The summed E-state index contributed by atoms with van der Waals surface area (Å²) in [6, 6.07) is 24.0. The Morgan fingerprint density at radius 1 is 0.611 bits per heavy atom. The van der Waals surface area contributed by atoms with Crippen LogP contribution >= 0.6 is 0 Å². The Morgan fingerprint density at radius 3 is 0.778 bits per heavy atom. The van der Waals surface area contributed by atoms with Crippen LogP contribution in [0.1, 0.15) is 13.8 Å². The van der Waals surface area contributed by atoms with Gasteiger partial charge < -0.3 is 4.74 Å². The highest BCUT2D eigenvalue weighted by Gasteiger charge is 1.58. The molecule has 96 valence electrons. The Hall–Kier alpha value is -2.27. The van der Waals surface area contributed by atoms with Crippen molar-refractivity contribution >= 4 is 0 Å². The van der Waals surface area contributed by atoms with Crippen molar-refractivity contribution in [2.45, 2.75) is 13.8 Å². The summed E-state index contributed by atoms with van der Waals surface area (Å²) in [7, 11) is 1.32. The van der Waals surface area contributed by atoms with Crippen LogP contribution in [-0.2, 0) is 4.74 Å². The molecule has 2 aromatic rings. The molecule has 0 spiro atoms. The average molecular weight is 243 g/mol. The minimum absolute atomic E-state index is 1.32. The highest BCUT2D eigenvalue weighted by molar-refractivity contribution is 4.99. The van der Waals surface area contributed by atoms with Crippen molar-refractivity contribution in [1.82, 2.24) is 0 Å². The van der Waals surface area contributed by atoms with Crippen LogP contribution in [0.4, 0.5) is 0 Å². The van der Waals surface area contributed by atoms with E-state index >= 15 is 0 Å². The molecule has 0 bridgehead atoms. The van der Waals surface area contributed by atoms with E-state index in [2.05, 4.69) is 4.74 Å². The Kier molecular flexibility index (Phi) is 20.3. The van der Waals surface area contributed by atoms with Crippen molar-refractivity contribution < 1.29 is 4.74 Å². The molecule has 0 saturated carbocycles. The van der Waals surface area contributed by atoms with Crippen LogP contribution in [0.5, 0.6) is 0 Å². The van der Waals surface area contributed by atoms with Crippen molar-refractivity contribution in [1.29, 1.82) is 5.26 Å². The lowest BCUT2D eigenvalue weighted by molar-refractivity contribution is 0.362. The van der Waals surface area contributed by atoms with Gasteiger partial charge in [-0.25, -0.2) is 0 Å². The van der Waals surface area contributed by atoms with Crippen LogP contribution in [0.2, 0.25) is 0 Å². The van der Waals surface area contributed by atoms with Crippen LogP contribution in [-0.4, -0.2) is 7.11 Å². The highest BCUT2D eigenvalue weighted by Crippen LogP contribution is 1.80. The van der Waals surface area contributed by atoms with Crippen LogP contribution in [0.15, 0.2) is 72.8 Å². The number of hydrogen-bond acceptors (Lipinski definition) is 2. The first-order valence-electron chi connectivity index (χ1n) is 5.84. The summed E-state index contributed by atoms with van der Waals surface area (Å²) in [4.78, 5) is 0. The van der Waals surface area contributed by atoms with Gasteiger partial charge in [-0.15, -0.1) is 0 Å². The molecule has 0 radical (unpaired) electrons. The van der Waals surface area contributed by atoms with Gasteiger partial charge in [-0.05, 0) is 0 Å². The first kappa shape index (κ1) is 18.1. The maximum absolute atomic E-state index is 7.40. The van der Waals surface area contributed by atoms with E-state index in [1.165, 1.54) is 13.4 Å². The second-order valence-electron chi connectivity index (χ2n) is 2.60. The lowest BCUT2D eigenvalue weighted by Crippen LogP contribution is -1.55. The summed E-state index contributed by atoms with van der Waals surface area (Å²) in [6.07, 6.45) is 1.43. The van der Waals surface area contributed by atoms with E-state index in [4.69, 9.17) is 5.26 Å². The normalized spacial score (nSPS) is 6.56. The Morgan fingerprint density at radius 2 is 0.722 bits per heavy atom. The molecule has 0 amide bonds. The zero-order valence-electron chi connectivity index (χ0n) is 11.3. The van der Waals surface area contributed by atoms with E-state index in [1.54, 1.807) is 0 Å². The van der Waals surface area contributed by atoms with Gasteiger partial charge in [-0.3, -0.25) is 0 Å². The Bertz CT molecular complexity index is 269. The van der Waals surface area contributed by atoms with Crippen LogP contribution in [0, 0.1) is 11.5 Å². The molecule has 0 aliphatic carbocycles. The maximum Gasteiger partial charge on any atom is 0.286 e. The minimum Gasteiger partial charge on any atom is -0.431 e. The lowest BCUT2D eigenvalue weighted by Gasteiger charge is -1.69. The smallest absolute Gasteiger partial charge is 0.286 e. The first-order valence-corrected chi connectivity index (χ1v) is 5.84. The van der Waals surface area contributed by atoms with Gasteiger partial charge in [0.25, 0.3) is 6.26 Å². The number of nitriles is 1. The predicted molar refractivity (Wildman–Crippen MR) is 76.9 cm³/mol. The molecule has 0 aliphatic heterocycles. The van der Waals surface area contributed by atoms with Crippen molar-refractivity contribution in [3.05, 3.63) is 72.8 Å². The average Bonchev–Trinajstić information content (AvgIpc) is 2.53. The van der Waals surface area contributed by atoms with E-state index in [9.17, 15) is 0 Å². The van der Waals surface area contributed by atoms with Gasteiger partial charge in [0, 0.05) is 0 Å². The fourth-order valence-corrected chi connectivity index (χ4v) is 0.770. The van der Waals surface area contributed by atoms with Gasteiger partial charge in [-0.1, -0.05) is 86.6 Å². The van der Waals surface area contributed by atoms with Gasteiger partial charge in [0.15, 0.2) is 0 Å². The number of rotatable bonds is 0. The summed E-state index contributed by atoms with van der Waals surface area (Å²) in [5.41, 5.74) is 0. The zero-order chi connectivity index (χ0) is 13.9. The molecule has 0 fully saturated rings. The Labute approximate surface area is 110 Å². The molecule has 2 heteroatoms. The summed E-state index contributed by atoms with van der Waals surface area (Å²) < 4.78 is 3.85. The number of hydrogen-bond donors (Lipinski definition) is 0. The molecule has 0 saturated heterocycles. The fraction of sp³-hybridized carbons (Fsp3) is 0.188. The van der Waals surface area contributed by atoms with Crippen molar-refractivity contribution in [3.63, 3.8) is 0 Å². The quantitative estimate of drug-likeness (QED) is 0.638. The van der Waals surface area contributed by atoms with E-state index in [0.717, 1.165) is 0 Å². The molecule has 0 N–H and O–H groups in total. The summed E-state index contributed by atoms with van der Waals surface area (Å²) in [6.45, 7) is 4.00. The third-order valence-electron chi connectivity index (χ3n) is 1.42. The molecule has 18 heavy (non-hydrogen) atoms. The largest absolute Gasteiger partial charge is 0.431 e. The molecule has 0 unspecified atom stereocenters. The molecular formula is C16H21NO. The van der Waals surface area contributed by atoms with Gasteiger partial charge in [0.1, 0.15) is 0 Å². The lowest BCUT2D eigenvalue weighted by atomic mass is 10.4. The standard InChI is InChI=1S/2C6H6.C2H3NO.C2H6/c2*1-2-4-6-5-3-1;1-4-2-3;1-2/h2*1-6H;1H3;1-2H3. The molecule has 2 aromatic carbocycles. The molecule has 0 atom stereocenters. The summed E-state index contributed by atoms with van der Waals surface area (Å²) in [5.74, 6) is 0. The third kappa shape index (κ3) is 19.3. The summed E-state index contributed by atoms with van der Waals surface area (Å²) >= 11 is 0. The van der Waals surface area contributed by atoms with Crippen molar-refractivity contribution in [2.24, 2.45) is 0 Å². The number of methoxy groups -OCH3 is 1. The maximum atomic E-state index is 7.40. The molecular weight excluding hydrogens is 222 g/mol. The highest BCUT2D eigenvalue weighted by atomic mass is 16.5.